The lowest BCUT2D eigenvalue weighted by Crippen LogP contribution is -2.40. The van der Waals surface area contributed by atoms with Crippen LogP contribution in [0, 0.1) is 0 Å². The highest BCUT2D eigenvalue weighted by Crippen LogP contribution is 2.43. The Hall–Kier alpha value is -0.650. The van der Waals surface area contributed by atoms with Gasteiger partial charge in [0.2, 0.25) is 0 Å². The molecule has 1 spiro atoms. The topological polar surface area (TPSA) is 46.5 Å². The lowest BCUT2D eigenvalue weighted by atomic mass is 9.93. The van der Waals surface area contributed by atoms with Gasteiger partial charge in [-0.2, -0.15) is 11.8 Å². The van der Waals surface area contributed by atoms with Gasteiger partial charge < -0.3 is 9.84 Å². The van der Waals surface area contributed by atoms with Crippen molar-refractivity contribution in [3.63, 3.8) is 0 Å². The van der Waals surface area contributed by atoms with Gasteiger partial charge >= 0.3 is 5.97 Å². The Morgan fingerprint density at radius 2 is 2.30 bits per heavy atom. The summed E-state index contributed by atoms with van der Waals surface area (Å²) in [5, 5.41) is 9.72. The molecule has 2 saturated heterocycles. The lowest BCUT2D eigenvalue weighted by Gasteiger charge is -2.37. The molecule has 1 aromatic rings. The summed E-state index contributed by atoms with van der Waals surface area (Å²) in [5.74, 6) is 1.43. The molecule has 2 aliphatic rings. The average molecular weight is 310 g/mol. The van der Waals surface area contributed by atoms with E-state index in [9.17, 15) is 9.90 Å². The van der Waals surface area contributed by atoms with Crippen molar-refractivity contribution in [1.29, 1.82) is 0 Å². The second-order valence-electron chi connectivity index (χ2n) is 5.37. The normalized spacial score (nSPS) is 29.7. The van der Waals surface area contributed by atoms with Gasteiger partial charge in [0, 0.05) is 22.5 Å². The van der Waals surface area contributed by atoms with Crippen molar-refractivity contribution < 1.29 is 14.6 Å². The monoisotopic (exact) mass is 310 g/mol. The zero-order valence-corrected chi connectivity index (χ0v) is 12.8. The first-order valence-electron chi connectivity index (χ1n) is 6.89. The van der Waals surface area contributed by atoms with Crippen molar-refractivity contribution >= 4 is 29.5 Å². The van der Waals surface area contributed by atoms with Crippen LogP contribution in [0.15, 0.2) is 29.2 Å². The number of hydrogen-bond donors (Lipinski definition) is 1. The van der Waals surface area contributed by atoms with Crippen LogP contribution in [0.2, 0.25) is 0 Å². The van der Waals surface area contributed by atoms with Gasteiger partial charge in [0.25, 0.3) is 0 Å². The average Bonchev–Trinajstić information content (AvgIpc) is 2.87. The maximum absolute atomic E-state index is 11.3. The molecule has 2 fully saturated rings. The van der Waals surface area contributed by atoms with E-state index in [1.165, 1.54) is 5.75 Å². The predicted molar refractivity (Wildman–Crippen MR) is 82.9 cm³/mol. The maximum Gasteiger partial charge on any atom is 0.336 e. The number of benzene rings is 1. The highest BCUT2D eigenvalue weighted by atomic mass is 32.2. The number of hydrogen-bond acceptors (Lipinski definition) is 4. The van der Waals surface area contributed by atoms with Crippen LogP contribution in [0.25, 0.3) is 0 Å². The van der Waals surface area contributed by atoms with Crippen LogP contribution >= 0.6 is 23.5 Å². The SMILES string of the molecule is O=C(O)c1ccccc1SC1CCOC2(CCSC2)C1. The second kappa shape index (κ2) is 6.00. The van der Waals surface area contributed by atoms with Crippen molar-refractivity contribution in [1.82, 2.24) is 0 Å². The summed E-state index contributed by atoms with van der Waals surface area (Å²) >= 11 is 3.68. The van der Waals surface area contributed by atoms with Gasteiger partial charge in [0.1, 0.15) is 0 Å². The van der Waals surface area contributed by atoms with Gasteiger partial charge in [-0.25, -0.2) is 4.79 Å². The summed E-state index contributed by atoms with van der Waals surface area (Å²) in [6.07, 6.45) is 3.18. The molecular weight excluding hydrogens is 292 g/mol. The molecule has 1 N–H and O–H groups in total. The zero-order chi connectivity index (χ0) is 14.0. The Labute approximate surface area is 127 Å². The number of aromatic carboxylic acids is 1. The number of ether oxygens (including phenoxy) is 1. The van der Waals surface area contributed by atoms with Crippen molar-refractivity contribution in [2.24, 2.45) is 0 Å². The highest BCUT2D eigenvalue weighted by molar-refractivity contribution is 8.00. The summed E-state index contributed by atoms with van der Waals surface area (Å²) in [4.78, 5) is 12.2. The molecule has 108 valence electrons. The van der Waals surface area contributed by atoms with E-state index in [0.717, 1.165) is 36.5 Å². The minimum atomic E-state index is -0.841. The molecule has 1 aromatic carbocycles. The van der Waals surface area contributed by atoms with E-state index in [2.05, 4.69) is 0 Å². The molecule has 20 heavy (non-hydrogen) atoms. The lowest BCUT2D eigenvalue weighted by molar-refractivity contribution is -0.0562. The van der Waals surface area contributed by atoms with E-state index >= 15 is 0 Å². The zero-order valence-electron chi connectivity index (χ0n) is 11.2. The van der Waals surface area contributed by atoms with Gasteiger partial charge in [-0.1, -0.05) is 12.1 Å². The molecule has 0 aromatic heterocycles. The molecule has 3 nitrogen and oxygen atoms in total. The summed E-state index contributed by atoms with van der Waals surface area (Å²) in [6, 6.07) is 7.30. The van der Waals surface area contributed by atoms with Gasteiger partial charge in [-0.05, 0) is 37.1 Å². The third kappa shape index (κ3) is 3.00. The molecule has 3 rings (SSSR count). The molecular formula is C15H18O3S2. The molecule has 0 saturated carbocycles. The smallest absolute Gasteiger partial charge is 0.336 e. The van der Waals surface area contributed by atoms with E-state index in [1.807, 2.05) is 23.9 Å². The molecule has 5 heteroatoms. The first kappa shape index (κ1) is 14.3. The number of carboxylic acid groups (broad SMARTS) is 1. The fraction of sp³-hybridized carbons (Fsp3) is 0.533. The van der Waals surface area contributed by atoms with Gasteiger partial charge in [0.05, 0.1) is 11.2 Å². The standard InChI is InChI=1S/C15H18O3S2/c16-14(17)12-3-1-2-4-13(12)20-11-5-7-18-15(9-11)6-8-19-10-15/h1-4,11H,5-10H2,(H,16,17). The van der Waals surface area contributed by atoms with Crippen LogP contribution in [-0.4, -0.2) is 40.0 Å². The molecule has 0 radical (unpaired) electrons. The van der Waals surface area contributed by atoms with Crippen LogP contribution in [0.4, 0.5) is 0 Å². The summed E-state index contributed by atoms with van der Waals surface area (Å²) in [6.45, 7) is 0.799. The number of carboxylic acids is 1. The van der Waals surface area contributed by atoms with E-state index in [-0.39, 0.29) is 5.60 Å². The quantitative estimate of drug-likeness (QED) is 0.925. The minimum Gasteiger partial charge on any atom is -0.478 e. The fourth-order valence-corrected chi connectivity index (χ4v) is 5.65. The van der Waals surface area contributed by atoms with E-state index in [4.69, 9.17) is 4.74 Å². The Balaban J connectivity index is 1.73. The molecule has 0 amide bonds. The van der Waals surface area contributed by atoms with Gasteiger partial charge in [-0.3, -0.25) is 0 Å². The predicted octanol–water partition coefficient (Wildman–Crippen LogP) is 3.53. The highest BCUT2D eigenvalue weighted by Gasteiger charge is 2.40. The summed E-state index contributed by atoms with van der Waals surface area (Å²) < 4.78 is 6.02. The first-order chi connectivity index (χ1) is 9.69. The third-order valence-electron chi connectivity index (χ3n) is 3.93. The second-order valence-corrected chi connectivity index (χ2v) is 7.82. The number of thioether (sulfide) groups is 2. The third-order valence-corrected chi connectivity index (χ3v) is 6.49. The van der Waals surface area contributed by atoms with E-state index in [0.29, 0.717) is 10.8 Å². The first-order valence-corrected chi connectivity index (χ1v) is 8.93. The number of carbonyl (C=O) groups is 1. The van der Waals surface area contributed by atoms with E-state index in [1.54, 1.807) is 23.9 Å². The van der Waals surface area contributed by atoms with Crippen LogP contribution in [0.1, 0.15) is 29.6 Å². The molecule has 0 aliphatic carbocycles. The van der Waals surface area contributed by atoms with Gasteiger partial charge in [0.15, 0.2) is 0 Å². The Bertz CT molecular complexity index is 498. The Kier molecular flexibility index (Phi) is 4.29. The summed E-state index contributed by atoms with van der Waals surface area (Å²) in [5.41, 5.74) is 0.470. The number of rotatable bonds is 3. The van der Waals surface area contributed by atoms with Crippen LogP contribution < -0.4 is 0 Å². The summed E-state index contributed by atoms with van der Waals surface area (Å²) in [7, 11) is 0. The Morgan fingerprint density at radius 1 is 1.45 bits per heavy atom. The maximum atomic E-state index is 11.3. The minimum absolute atomic E-state index is 0.0543. The fourth-order valence-electron chi connectivity index (χ4n) is 2.87. The largest absolute Gasteiger partial charge is 0.478 e. The molecule has 2 aliphatic heterocycles. The van der Waals surface area contributed by atoms with Crippen molar-refractivity contribution in [2.75, 3.05) is 18.1 Å². The van der Waals surface area contributed by atoms with Crippen LogP contribution in [0.3, 0.4) is 0 Å². The van der Waals surface area contributed by atoms with Crippen molar-refractivity contribution in [2.45, 2.75) is 35.0 Å². The van der Waals surface area contributed by atoms with Gasteiger partial charge in [-0.15, -0.1) is 11.8 Å². The van der Waals surface area contributed by atoms with Crippen molar-refractivity contribution in [3.8, 4) is 0 Å². The molecule has 2 atom stereocenters. The van der Waals surface area contributed by atoms with Crippen molar-refractivity contribution in [3.05, 3.63) is 29.8 Å². The molecule has 2 unspecified atom stereocenters. The Morgan fingerprint density at radius 3 is 3.05 bits per heavy atom. The molecule has 2 heterocycles. The van der Waals surface area contributed by atoms with Crippen LogP contribution in [0.5, 0.6) is 0 Å². The van der Waals surface area contributed by atoms with E-state index < -0.39 is 5.97 Å². The molecule has 0 bridgehead atoms. The van der Waals surface area contributed by atoms with Crippen LogP contribution in [-0.2, 0) is 4.74 Å².